The number of benzene rings is 2. The fourth-order valence-corrected chi connectivity index (χ4v) is 3.68. The summed E-state index contributed by atoms with van der Waals surface area (Å²) >= 11 is 0. The van der Waals surface area contributed by atoms with E-state index in [0.717, 1.165) is 17.0 Å². The van der Waals surface area contributed by atoms with Crippen molar-refractivity contribution in [3.05, 3.63) is 82.9 Å². The third-order valence-electron chi connectivity index (χ3n) is 4.89. The maximum atomic E-state index is 14.3. The normalized spacial score (nSPS) is 16.7. The molecule has 3 aromatic rings. The van der Waals surface area contributed by atoms with Gasteiger partial charge < -0.3 is 0 Å². The molecule has 1 heterocycles. The average Bonchev–Trinajstić information content (AvgIpc) is 3.02. The summed E-state index contributed by atoms with van der Waals surface area (Å²) in [4.78, 5) is 12.8. The summed E-state index contributed by atoms with van der Waals surface area (Å²) in [6, 6.07) is 16.6. The lowest BCUT2D eigenvalue weighted by Gasteiger charge is -2.23. The number of hydrogen-bond acceptors (Lipinski definition) is 2. The molecule has 0 aliphatic heterocycles. The van der Waals surface area contributed by atoms with E-state index in [-0.39, 0.29) is 17.5 Å². The number of halogens is 1. The number of nitrogens with zero attached hydrogens (tertiary/aromatic N) is 2. The fourth-order valence-electron chi connectivity index (χ4n) is 3.68. The summed E-state index contributed by atoms with van der Waals surface area (Å²) in [5, 5.41) is 4.58. The zero-order valence-electron chi connectivity index (χ0n) is 14.1. The van der Waals surface area contributed by atoms with Crippen LogP contribution < -0.4 is 0 Å². The third-order valence-corrected chi connectivity index (χ3v) is 4.89. The van der Waals surface area contributed by atoms with Gasteiger partial charge >= 0.3 is 0 Å². The summed E-state index contributed by atoms with van der Waals surface area (Å²) in [5.74, 6) is -0.118. The van der Waals surface area contributed by atoms with Gasteiger partial charge in [0.1, 0.15) is 11.5 Å². The Bertz CT molecular complexity index is 930. The van der Waals surface area contributed by atoms with Gasteiger partial charge in [-0.25, -0.2) is 9.07 Å². The summed E-state index contributed by atoms with van der Waals surface area (Å²) in [5.41, 5.74) is 3.82. The highest BCUT2D eigenvalue weighted by Gasteiger charge is 2.33. The van der Waals surface area contributed by atoms with Crippen LogP contribution in [0.4, 0.5) is 4.39 Å². The van der Waals surface area contributed by atoms with E-state index in [9.17, 15) is 9.18 Å². The zero-order valence-corrected chi connectivity index (χ0v) is 14.1. The van der Waals surface area contributed by atoms with Crippen molar-refractivity contribution in [2.45, 2.75) is 32.1 Å². The van der Waals surface area contributed by atoms with Crippen molar-refractivity contribution < 1.29 is 9.18 Å². The van der Waals surface area contributed by atoms with Gasteiger partial charge in [0.15, 0.2) is 5.78 Å². The number of ketones is 1. The van der Waals surface area contributed by atoms with Crippen molar-refractivity contribution in [2.75, 3.05) is 0 Å². The Morgan fingerprint density at radius 3 is 2.52 bits per heavy atom. The van der Waals surface area contributed by atoms with Gasteiger partial charge in [0.2, 0.25) is 0 Å². The van der Waals surface area contributed by atoms with E-state index in [2.05, 4.69) is 5.10 Å². The number of para-hydroxylation sites is 1. The molecule has 2 aromatic carbocycles. The van der Waals surface area contributed by atoms with Gasteiger partial charge in [0, 0.05) is 6.42 Å². The summed E-state index contributed by atoms with van der Waals surface area (Å²) in [7, 11) is 0. The monoisotopic (exact) mass is 334 g/mol. The van der Waals surface area contributed by atoms with Crippen LogP contribution in [0.2, 0.25) is 0 Å². The smallest absolute Gasteiger partial charge is 0.167 e. The number of carbonyl (C=O) groups excluding carboxylic acids is 1. The number of carbonyl (C=O) groups is 1. The molecule has 0 unspecified atom stereocenters. The minimum atomic E-state index is -0.329. The Morgan fingerprint density at radius 1 is 1.08 bits per heavy atom. The highest BCUT2D eigenvalue weighted by atomic mass is 19.1. The van der Waals surface area contributed by atoms with Crippen molar-refractivity contribution in [1.29, 1.82) is 0 Å². The highest BCUT2D eigenvalue weighted by molar-refractivity contribution is 6.00. The molecule has 126 valence electrons. The van der Waals surface area contributed by atoms with Gasteiger partial charge in [0.05, 0.1) is 17.0 Å². The van der Waals surface area contributed by atoms with Crippen molar-refractivity contribution >= 4 is 5.78 Å². The van der Waals surface area contributed by atoms with E-state index in [1.54, 1.807) is 22.9 Å². The molecule has 1 aromatic heterocycles. The van der Waals surface area contributed by atoms with Gasteiger partial charge in [-0.3, -0.25) is 4.79 Å². The summed E-state index contributed by atoms with van der Waals surface area (Å²) in [6.45, 7) is 1.98. The van der Waals surface area contributed by atoms with Crippen molar-refractivity contribution in [2.24, 2.45) is 0 Å². The Morgan fingerprint density at radius 2 is 1.80 bits per heavy atom. The van der Waals surface area contributed by atoms with Crippen LogP contribution in [0.3, 0.4) is 0 Å². The van der Waals surface area contributed by atoms with Crippen molar-refractivity contribution in [3.63, 3.8) is 0 Å². The molecule has 0 saturated heterocycles. The molecule has 1 aliphatic carbocycles. The maximum absolute atomic E-state index is 14.3. The predicted molar refractivity (Wildman–Crippen MR) is 94.7 cm³/mol. The second-order valence-electron chi connectivity index (χ2n) is 6.42. The molecule has 4 rings (SSSR count). The molecule has 0 amide bonds. The SMILES string of the molecule is CCc1nn(-c2ccccc2F)c2c1C(=O)C[C@H](c1ccccc1)C2. The molecule has 3 nitrogen and oxygen atoms in total. The standard InChI is InChI=1S/C21H19FN2O/c1-2-17-21-19(24(23-17)18-11-7-6-10-16(18)22)12-15(13-20(21)25)14-8-4-3-5-9-14/h3-11,15H,2,12-13H2,1H3/t15-/m1/s1. The minimum Gasteiger partial charge on any atom is -0.294 e. The lowest BCUT2D eigenvalue weighted by molar-refractivity contribution is 0.0963. The van der Waals surface area contributed by atoms with Gasteiger partial charge in [-0.15, -0.1) is 0 Å². The molecule has 0 N–H and O–H groups in total. The Kier molecular flexibility index (Phi) is 3.96. The molecule has 25 heavy (non-hydrogen) atoms. The van der Waals surface area contributed by atoms with E-state index in [1.807, 2.05) is 37.3 Å². The molecule has 0 bridgehead atoms. The molecular formula is C21H19FN2O. The molecule has 4 heteroatoms. The molecule has 0 radical (unpaired) electrons. The number of aryl methyl sites for hydroxylation is 1. The lowest BCUT2D eigenvalue weighted by atomic mass is 9.81. The largest absolute Gasteiger partial charge is 0.294 e. The minimum absolute atomic E-state index is 0.105. The first-order valence-corrected chi connectivity index (χ1v) is 8.62. The van der Waals surface area contributed by atoms with Gasteiger partial charge in [0.25, 0.3) is 0 Å². The first kappa shape index (κ1) is 15.8. The van der Waals surface area contributed by atoms with Crippen LogP contribution in [0, 0.1) is 5.82 Å². The highest BCUT2D eigenvalue weighted by Crippen LogP contribution is 2.35. The molecule has 1 atom stereocenters. The van der Waals surface area contributed by atoms with Crippen LogP contribution in [0.5, 0.6) is 0 Å². The van der Waals surface area contributed by atoms with E-state index in [0.29, 0.717) is 30.5 Å². The van der Waals surface area contributed by atoms with Gasteiger partial charge in [-0.2, -0.15) is 5.10 Å². The number of Topliss-reactive ketones (excluding diaryl/α,β-unsaturated/α-hetero) is 1. The maximum Gasteiger partial charge on any atom is 0.167 e. The Hall–Kier alpha value is -2.75. The van der Waals surface area contributed by atoms with Crippen LogP contribution in [0.25, 0.3) is 5.69 Å². The second kappa shape index (κ2) is 6.28. The number of fused-ring (bicyclic) bond motifs is 1. The summed E-state index contributed by atoms with van der Waals surface area (Å²) < 4.78 is 16.0. The number of aromatic nitrogens is 2. The topological polar surface area (TPSA) is 34.9 Å². The second-order valence-corrected chi connectivity index (χ2v) is 6.42. The van der Waals surface area contributed by atoms with E-state index < -0.39 is 0 Å². The van der Waals surface area contributed by atoms with Gasteiger partial charge in [-0.1, -0.05) is 49.4 Å². The molecule has 0 fully saturated rings. The van der Waals surface area contributed by atoms with Crippen molar-refractivity contribution in [1.82, 2.24) is 9.78 Å². The zero-order chi connectivity index (χ0) is 17.4. The molecule has 1 aliphatic rings. The van der Waals surface area contributed by atoms with Crippen LogP contribution in [-0.2, 0) is 12.8 Å². The van der Waals surface area contributed by atoms with Crippen LogP contribution in [-0.4, -0.2) is 15.6 Å². The predicted octanol–water partition coefficient (Wildman–Crippen LogP) is 4.49. The van der Waals surface area contributed by atoms with Crippen LogP contribution in [0.15, 0.2) is 54.6 Å². The quantitative estimate of drug-likeness (QED) is 0.707. The third kappa shape index (κ3) is 2.68. The first-order chi connectivity index (χ1) is 12.2. The Balaban J connectivity index is 1.85. The summed E-state index contributed by atoms with van der Waals surface area (Å²) in [6.07, 6.45) is 1.82. The number of rotatable bonds is 3. The van der Waals surface area contributed by atoms with E-state index in [1.165, 1.54) is 6.07 Å². The van der Waals surface area contributed by atoms with Crippen LogP contribution >= 0.6 is 0 Å². The number of hydrogen-bond donors (Lipinski definition) is 0. The van der Waals surface area contributed by atoms with Crippen LogP contribution in [0.1, 0.15) is 46.6 Å². The van der Waals surface area contributed by atoms with E-state index in [4.69, 9.17) is 0 Å². The Labute approximate surface area is 146 Å². The van der Waals surface area contributed by atoms with E-state index >= 15 is 0 Å². The first-order valence-electron chi connectivity index (χ1n) is 8.62. The molecule has 0 spiro atoms. The molecular weight excluding hydrogens is 315 g/mol. The fraction of sp³-hybridized carbons (Fsp3) is 0.238. The average molecular weight is 334 g/mol. The van der Waals surface area contributed by atoms with Crippen molar-refractivity contribution in [3.8, 4) is 5.69 Å². The molecule has 0 saturated carbocycles. The lowest BCUT2D eigenvalue weighted by Crippen LogP contribution is -2.21. The van der Waals surface area contributed by atoms with Gasteiger partial charge in [-0.05, 0) is 36.5 Å².